The van der Waals surface area contributed by atoms with Crippen LogP contribution in [-0.2, 0) is 14.4 Å². The minimum absolute atomic E-state index is 0.0775. The highest BCUT2D eigenvalue weighted by molar-refractivity contribution is 6.33. The number of hydrogen-bond acceptors (Lipinski definition) is 12. The molecule has 5 heterocycles. The van der Waals surface area contributed by atoms with Crippen molar-refractivity contribution in [2.24, 2.45) is 5.92 Å². The average molecular weight is 831 g/mol. The molecule has 3 aliphatic rings. The van der Waals surface area contributed by atoms with E-state index >= 15 is 4.39 Å². The number of hydrogen-bond donors (Lipinski definition) is 4. The van der Waals surface area contributed by atoms with Gasteiger partial charge in [-0.2, -0.15) is 4.98 Å². The highest BCUT2D eigenvalue weighted by atomic mass is 35.5. The van der Waals surface area contributed by atoms with E-state index in [-0.39, 0.29) is 54.2 Å². The Morgan fingerprint density at radius 1 is 1.00 bits per heavy atom. The van der Waals surface area contributed by atoms with Gasteiger partial charge in [0.15, 0.2) is 24.0 Å². The number of amides is 4. The number of ether oxygens (including phenoxy) is 1. The predicted octanol–water partition coefficient (Wildman–Crippen LogP) is 3.61. The molecule has 59 heavy (non-hydrogen) atoms. The van der Waals surface area contributed by atoms with Crippen molar-refractivity contribution in [2.75, 3.05) is 74.6 Å². The molecule has 0 radical (unpaired) electrons. The van der Waals surface area contributed by atoms with E-state index < -0.39 is 23.7 Å². The standard InChI is InChI=1S/C41H48ClFN10O6/c1-24(2)53-31-9-7-27(19-26(31)20-33(40(53)58)59-23-35(55)44-3)46-37-29(42)21-45-41(49-37)52-17-15-50(16-18-52)22-25-11-13-51(14-12-25)32-6-4-5-28(36(32)43)38(56)47-30-8-10-34(54)48-39(30)57/h4-7,9,19-21,24-25,30H,8,10-18,22-23H2,1-3H3,(H,44,55)(H,47,56)(H,45,46,49)(H,48,54,57). The normalized spacial score (nSPS) is 17.9. The molecule has 2 aromatic carbocycles. The quantitative estimate of drug-likeness (QED) is 0.153. The number of pyridine rings is 1. The van der Waals surface area contributed by atoms with E-state index in [1.165, 1.54) is 13.1 Å². The SMILES string of the molecule is CNC(=O)COc1cc2cc(Nc3nc(N4CCN(CC5CCN(c6cccc(C(=O)NC7CCC(=O)NC7=O)c6F)CC5)CC4)ncc3Cl)ccc2n(C(C)C)c1=O. The lowest BCUT2D eigenvalue weighted by atomic mass is 9.95. The summed E-state index contributed by atoms with van der Waals surface area (Å²) in [6.07, 6.45) is 3.61. The van der Waals surface area contributed by atoms with Gasteiger partial charge in [-0.05, 0) is 75.4 Å². The van der Waals surface area contributed by atoms with Crippen LogP contribution in [-0.4, -0.2) is 109 Å². The summed E-state index contributed by atoms with van der Waals surface area (Å²) in [5.74, 6) is -1.12. The van der Waals surface area contributed by atoms with Crippen molar-refractivity contribution in [2.45, 2.75) is 51.6 Å². The molecule has 0 aliphatic carbocycles. The number of piperazine rings is 1. The van der Waals surface area contributed by atoms with Crippen molar-refractivity contribution >= 4 is 69.3 Å². The fraction of sp³-hybridized carbons (Fsp3) is 0.439. The summed E-state index contributed by atoms with van der Waals surface area (Å²) in [6.45, 7) is 8.84. The number of halogens is 2. The first-order chi connectivity index (χ1) is 28.4. The lowest BCUT2D eigenvalue weighted by Crippen LogP contribution is -2.52. The molecule has 4 N–H and O–H groups in total. The second kappa shape index (κ2) is 18.0. The number of nitrogens with one attached hydrogen (secondary N) is 4. The Hall–Kier alpha value is -5.81. The number of imide groups is 1. The van der Waals surface area contributed by atoms with Crippen LogP contribution in [0.5, 0.6) is 5.75 Å². The Labute approximate surface area is 345 Å². The van der Waals surface area contributed by atoms with E-state index in [0.717, 1.165) is 56.5 Å². The van der Waals surface area contributed by atoms with Gasteiger partial charge in [-0.3, -0.25) is 34.2 Å². The Morgan fingerprint density at radius 3 is 2.47 bits per heavy atom. The summed E-state index contributed by atoms with van der Waals surface area (Å²) < 4.78 is 22.9. The van der Waals surface area contributed by atoms with Gasteiger partial charge >= 0.3 is 0 Å². The van der Waals surface area contributed by atoms with Crippen LogP contribution in [0, 0.1) is 11.7 Å². The Kier molecular flexibility index (Phi) is 12.6. The van der Waals surface area contributed by atoms with Crippen LogP contribution in [0.1, 0.15) is 55.9 Å². The molecule has 312 valence electrons. The number of benzene rings is 2. The molecule has 7 rings (SSSR count). The van der Waals surface area contributed by atoms with Gasteiger partial charge in [0.1, 0.15) is 11.1 Å². The van der Waals surface area contributed by atoms with Gasteiger partial charge in [0.25, 0.3) is 17.4 Å². The van der Waals surface area contributed by atoms with Crippen LogP contribution in [0.15, 0.2) is 53.5 Å². The molecule has 4 amide bonds. The van der Waals surface area contributed by atoms with Crippen molar-refractivity contribution in [1.82, 2.24) is 35.4 Å². The monoisotopic (exact) mass is 830 g/mol. The molecule has 18 heteroatoms. The Morgan fingerprint density at radius 2 is 1.76 bits per heavy atom. The van der Waals surface area contributed by atoms with Gasteiger partial charge in [-0.1, -0.05) is 17.7 Å². The molecule has 3 saturated heterocycles. The van der Waals surface area contributed by atoms with Crippen LogP contribution < -0.4 is 41.4 Å². The van der Waals surface area contributed by atoms with Crippen LogP contribution in [0.25, 0.3) is 10.9 Å². The summed E-state index contributed by atoms with van der Waals surface area (Å²) in [6, 6.07) is 10.9. The maximum atomic E-state index is 15.7. The van der Waals surface area contributed by atoms with Gasteiger partial charge in [-0.15, -0.1) is 0 Å². The van der Waals surface area contributed by atoms with Crippen LogP contribution >= 0.6 is 11.6 Å². The number of nitrogens with zero attached hydrogens (tertiary/aromatic N) is 6. The average Bonchev–Trinajstić information content (AvgIpc) is 3.22. The minimum atomic E-state index is -0.884. The number of carbonyl (C=O) groups excluding carboxylic acids is 4. The van der Waals surface area contributed by atoms with Gasteiger partial charge < -0.3 is 35.1 Å². The van der Waals surface area contributed by atoms with E-state index in [2.05, 4.69) is 36.1 Å². The van der Waals surface area contributed by atoms with Crippen molar-refractivity contribution in [3.8, 4) is 5.75 Å². The number of rotatable bonds is 12. The third-order valence-corrected chi connectivity index (χ3v) is 11.3. The van der Waals surface area contributed by atoms with E-state index in [0.29, 0.717) is 47.2 Å². The predicted molar refractivity (Wildman–Crippen MR) is 222 cm³/mol. The summed E-state index contributed by atoms with van der Waals surface area (Å²) in [7, 11) is 1.50. The first-order valence-electron chi connectivity index (χ1n) is 19.9. The molecule has 0 bridgehead atoms. The molecule has 0 spiro atoms. The maximum absolute atomic E-state index is 15.7. The van der Waals surface area contributed by atoms with Crippen LogP contribution in [0.4, 0.5) is 27.5 Å². The largest absolute Gasteiger partial charge is 0.478 e. The Bertz CT molecular complexity index is 2310. The molecule has 1 atom stereocenters. The number of aromatic nitrogens is 3. The van der Waals surface area contributed by atoms with E-state index in [1.54, 1.807) is 29.0 Å². The number of anilines is 4. The molecule has 1 unspecified atom stereocenters. The molecule has 2 aromatic heterocycles. The zero-order chi connectivity index (χ0) is 41.8. The molecule has 4 aromatic rings. The molecular weight excluding hydrogens is 783 g/mol. The van der Waals surface area contributed by atoms with Gasteiger partial charge in [-0.25, -0.2) is 9.37 Å². The van der Waals surface area contributed by atoms with Crippen molar-refractivity contribution in [3.05, 3.63) is 75.4 Å². The number of piperidine rings is 2. The second-order valence-electron chi connectivity index (χ2n) is 15.3. The summed E-state index contributed by atoms with van der Waals surface area (Å²) >= 11 is 6.57. The van der Waals surface area contributed by atoms with Gasteiger partial charge in [0.2, 0.25) is 17.8 Å². The minimum Gasteiger partial charge on any atom is -0.478 e. The second-order valence-corrected chi connectivity index (χ2v) is 15.7. The fourth-order valence-corrected chi connectivity index (χ4v) is 7.96. The highest BCUT2D eigenvalue weighted by Gasteiger charge is 2.31. The zero-order valence-electron chi connectivity index (χ0n) is 33.2. The number of likely N-dealkylation sites (N-methyl/N-ethyl adjacent to an activating group) is 1. The van der Waals surface area contributed by atoms with E-state index in [4.69, 9.17) is 21.3 Å². The third kappa shape index (κ3) is 9.41. The van der Waals surface area contributed by atoms with Crippen molar-refractivity contribution in [3.63, 3.8) is 0 Å². The van der Waals surface area contributed by atoms with Crippen molar-refractivity contribution < 1.29 is 28.3 Å². The lowest BCUT2D eigenvalue weighted by Gasteiger charge is -2.39. The molecule has 0 saturated carbocycles. The molecular formula is C41H48ClFN10O6. The highest BCUT2D eigenvalue weighted by Crippen LogP contribution is 2.31. The van der Waals surface area contributed by atoms with Gasteiger partial charge in [0.05, 0.1) is 23.0 Å². The summed E-state index contributed by atoms with van der Waals surface area (Å²) in [5, 5.41) is 11.7. The molecule has 3 aliphatic heterocycles. The first kappa shape index (κ1) is 41.4. The molecule has 3 fully saturated rings. The lowest BCUT2D eigenvalue weighted by molar-refractivity contribution is -0.134. The topological polar surface area (TPSA) is 183 Å². The molecule has 16 nitrogen and oxygen atoms in total. The number of carbonyl (C=O) groups is 4. The van der Waals surface area contributed by atoms with Crippen molar-refractivity contribution in [1.29, 1.82) is 0 Å². The first-order valence-corrected chi connectivity index (χ1v) is 20.2. The van der Waals surface area contributed by atoms with Gasteiger partial charge in [0, 0.05) is 76.4 Å². The van der Waals surface area contributed by atoms with E-state index in [1.807, 2.05) is 36.9 Å². The van der Waals surface area contributed by atoms with Crippen LogP contribution in [0.3, 0.4) is 0 Å². The summed E-state index contributed by atoms with van der Waals surface area (Å²) in [4.78, 5) is 77.4. The van der Waals surface area contributed by atoms with Crippen LogP contribution in [0.2, 0.25) is 5.02 Å². The maximum Gasteiger partial charge on any atom is 0.293 e. The fourth-order valence-electron chi connectivity index (χ4n) is 7.82. The zero-order valence-corrected chi connectivity index (χ0v) is 34.0. The number of fused-ring (bicyclic) bond motifs is 1. The third-order valence-electron chi connectivity index (χ3n) is 11.0. The summed E-state index contributed by atoms with van der Waals surface area (Å²) in [5.41, 5.74) is 1.32. The smallest absolute Gasteiger partial charge is 0.293 e. The Balaban J connectivity index is 0.929. The van der Waals surface area contributed by atoms with E-state index in [9.17, 15) is 24.0 Å².